The molecule has 2 N–H and O–H groups in total. The maximum Gasteiger partial charge on any atom is 0.274 e. The van der Waals surface area contributed by atoms with Gasteiger partial charge in [-0.15, -0.1) is 0 Å². The van der Waals surface area contributed by atoms with Gasteiger partial charge in [0.25, 0.3) is 5.91 Å². The first-order chi connectivity index (χ1) is 11.6. The highest BCUT2D eigenvalue weighted by molar-refractivity contribution is 6.03. The number of halogens is 1. The van der Waals surface area contributed by atoms with E-state index in [1.54, 1.807) is 12.1 Å². The molecule has 0 radical (unpaired) electrons. The van der Waals surface area contributed by atoms with E-state index in [0.29, 0.717) is 11.4 Å². The molecule has 0 fully saturated rings. The van der Waals surface area contributed by atoms with Crippen LogP contribution in [-0.2, 0) is 0 Å². The Balaban J connectivity index is 1.74. The van der Waals surface area contributed by atoms with E-state index in [1.807, 2.05) is 31.2 Å². The van der Waals surface area contributed by atoms with Gasteiger partial charge in [-0.2, -0.15) is 0 Å². The molecule has 0 bridgehead atoms. The third-order valence-corrected chi connectivity index (χ3v) is 3.26. The molecular formula is C18H15FN4O. The number of rotatable bonds is 4. The van der Waals surface area contributed by atoms with Crippen molar-refractivity contribution in [1.82, 2.24) is 9.97 Å². The van der Waals surface area contributed by atoms with E-state index in [-0.39, 0.29) is 23.4 Å². The molecule has 0 spiro atoms. The second-order valence-corrected chi connectivity index (χ2v) is 5.22. The average Bonchev–Trinajstić information content (AvgIpc) is 2.57. The number of anilines is 3. The van der Waals surface area contributed by atoms with E-state index < -0.39 is 0 Å². The van der Waals surface area contributed by atoms with Crippen molar-refractivity contribution in [3.8, 4) is 0 Å². The predicted molar refractivity (Wildman–Crippen MR) is 90.8 cm³/mol. The minimum absolute atomic E-state index is 0.233. The van der Waals surface area contributed by atoms with Crippen LogP contribution in [0.3, 0.4) is 0 Å². The van der Waals surface area contributed by atoms with Gasteiger partial charge in [0, 0.05) is 17.6 Å². The molecule has 0 saturated heterocycles. The number of nitrogens with zero attached hydrogens (tertiary/aromatic N) is 2. The van der Waals surface area contributed by atoms with Crippen molar-refractivity contribution in [3.63, 3.8) is 0 Å². The van der Waals surface area contributed by atoms with Crippen molar-refractivity contribution in [1.29, 1.82) is 0 Å². The molecular weight excluding hydrogens is 307 g/mol. The van der Waals surface area contributed by atoms with Gasteiger partial charge in [-0.25, -0.2) is 14.4 Å². The highest BCUT2D eigenvalue weighted by Gasteiger charge is 2.09. The van der Waals surface area contributed by atoms with E-state index in [1.165, 1.54) is 24.4 Å². The third-order valence-electron chi connectivity index (χ3n) is 3.26. The fraction of sp³-hybridized carbons (Fsp3) is 0.0556. The number of aromatic nitrogens is 2. The number of hydrogen-bond acceptors (Lipinski definition) is 4. The largest absolute Gasteiger partial charge is 0.324 e. The zero-order chi connectivity index (χ0) is 16.9. The molecule has 0 atom stereocenters. The van der Waals surface area contributed by atoms with Gasteiger partial charge in [-0.1, -0.05) is 12.1 Å². The quantitative estimate of drug-likeness (QED) is 0.764. The molecule has 24 heavy (non-hydrogen) atoms. The normalized spacial score (nSPS) is 10.2. The van der Waals surface area contributed by atoms with E-state index in [4.69, 9.17) is 0 Å². The molecule has 3 rings (SSSR count). The van der Waals surface area contributed by atoms with Crippen molar-refractivity contribution >= 4 is 23.2 Å². The number of amides is 1. The number of carbonyl (C=O) groups excluding carboxylic acids is 1. The number of aryl methyl sites for hydroxylation is 1. The lowest BCUT2D eigenvalue weighted by atomic mass is 10.2. The highest BCUT2D eigenvalue weighted by atomic mass is 19.1. The topological polar surface area (TPSA) is 66.9 Å². The molecule has 2 aromatic carbocycles. The van der Waals surface area contributed by atoms with Gasteiger partial charge in [0.2, 0.25) is 5.95 Å². The summed E-state index contributed by atoms with van der Waals surface area (Å²) in [6.07, 6.45) is 1.49. The fourth-order valence-corrected chi connectivity index (χ4v) is 2.13. The van der Waals surface area contributed by atoms with Crippen LogP contribution in [0.1, 0.15) is 16.1 Å². The lowest BCUT2D eigenvalue weighted by Crippen LogP contribution is -2.14. The van der Waals surface area contributed by atoms with Gasteiger partial charge < -0.3 is 10.6 Å². The predicted octanol–water partition coefficient (Wildman–Crippen LogP) is 3.92. The van der Waals surface area contributed by atoms with Gasteiger partial charge in [0.15, 0.2) is 0 Å². The summed E-state index contributed by atoms with van der Waals surface area (Å²) in [6.45, 7) is 1.95. The molecule has 5 nitrogen and oxygen atoms in total. The van der Waals surface area contributed by atoms with Crippen molar-refractivity contribution in [2.24, 2.45) is 0 Å². The second kappa shape index (κ2) is 6.87. The highest BCUT2D eigenvalue weighted by Crippen LogP contribution is 2.14. The smallest absolute Gasteiger partial charge is 0.274 e. The van der Waals surface area contributed by atoms with Gasteiger partial charge in [-0.05, 0) is 55.0 Å². The zero-order valence-electron chi connectivity index (χ0n) is 13.0. The van der Waals surface area contributed by atoms with E-state index in [0.717, 1.165) is 5.56 Å². The fourth-order valence-electron chi connectivity index (χ4n) is 2.13. The van der Waals surface area contributed by atoms with Crippen molar-refractivity contribution in [2.45, 2.75) is 6.92 Å². The van der Waals surface area contributed by atoms with E-state index in [2.05, 4.69) is 20.6 Å². The Morgan fingerprint density at radius 2 is 1.83 bits per heavy atom. The summed E-state index contributed by atoms with van der Waals surface area (Å²) in [5.74, 6) is -0.392. The summed E-state index contributed by atoms with van der Waals surface area (Å²) < 4.78 is 12.9. The Hall–Kier alpha value is -3.28. The second-order valence-electron chi connectivity index (χ2n) is 5.22. The lowest BCUT2D eigenvalue weighted by Gasteiger charge is -2.08. The first-order valence-electron chi connectivity index (χ1n) is 7.34. The Morgan fingerprint density at radius 3 is 2.58 bits per heavy atom. The van der Waals surface area contributed by atoms with Crippen LogP contribution in [0.5, 0.6) is 0 Å². The summed E-state index contributed by atoms with van der Waals surface area (Å²) in [4.78, 5) is 20.5. The van der Waals surface area contributed by atoms with Gasteiger partial charge in [-0.3, -0.25) is 4.79 Å². The number of benzene rings is 2. The summed E-state index contributed by atoms with van der Waals surface area (Å²) in [5.41, 5.74) is 2.62. The standard InChI is InChI=1S/C18H15FN4O/c1-12-3-2-4-15(11-12)21-17(24)16-9-10-20-18(23-16)22-14-7-5-13(19)6-8-14/h2-11H,1H3,(H,21,24)(H,20,22,23). The third kappa shape index (κ3) is 3.92. The molecule has 0 aliphatic rings. The molecule has 1 aromatic heterocycles. The lowest BCUT2D eigenvalue weighted by molar-refractivity contribution is 0.102. The molecule has 1 heterocycles. The Morgan fingerprint density at radius 1 is 1.04 bits per heavy atom. The van der Waals surface area contributed by atoms with Crippen LogP contribution in [0.4, 0.5) is 21.7 Å². The van der Waals surface area contributed by atoms with Gasteiger partial charge in [0.05, 0.1) is 0 Å². The van der Waals surface area contributed by atoms with Gasteiger partial charge in [0.1, 0.15) is 11.5 Å². The molecule has 0 aliphatic carbocycles. The SMILES string of the molecule is Cc1cccc(NC(=O)c2ccnc(Nc3ccc(F)cc3)n2)c1. The van der Waals surface area contributed by atoms with Crippen LogP contribution >= 0.6 is 0 Å². The Bertz CT molecular complexity index is 865. The first kappa shape index (κ1) is 15.6. The van der Waals surface area contributed by atoms with E-state index >= 15 is 0 Å². The summed E-state index contributed by atoms with van der Waals surface area (Å²) in [6, 6.07) is 14.8. The Labute approximate surface area is 138 Å². The zero-order valence-corrected chi connectivity index (χ0v) is 13.0. The van der Waals surface area contributed by atoms with E-state index in [9.17, 15) is 9.18 Å². The summed E-state index contributed by atoms with van der Waals surface area (Å²) >= 11 is 0. The number of hydrogen-bond donors (Lipinski definition) is 2. The maximum atomic E-state index is 12.9. The molecule has 1 amide bonds. The summed E-state index contributed by atoms with van der Waals surface area (Å²) in [7, 11) is 0. The molecule has 0 saturated carbocycles. The minimum atomic E-state index is -0.329. The van der Waals surface area contributed by atoms with Crippen molar-refractivity contribution < 1.29 is 9.18 Å². The summed E-state index contributed by atoms with van der Waals surface area (Å²) in [5, 5.41) is 5.72. The Kier molecular flexibility index (Phi) is 4.47. The van der Waals surface area contributed by atoms with Crippen molar-refractivity contribution in [3.05, 3.63) is 77.9 Å². The molecule has 6 heteroatoms. The van der Waals surface area contributed by atoms with Crippen LogP contribution < -0.4 is 10.6 Å². The van der Waals surface area contributed by atoms with Crippen LogP contribution in [0.2, 0.25) is 0 Å². The van der Waals surface area contributed by atoms with Crippen LogP contribution in [0.15, 0.2) is 60.8 Å². The first-order valence-corrected chi connectivity index (χ1v) is 7.34. The van der Waals surface area contributed by atoms with Crippen LogP contribution in [0, 0.1) is 12.7 Å². The van der Waals surface area contributed by atoms with Crippen LogP contribution in [-0.4, -0.2) is 15.9 Å². The minimum Gasteiger partial charge on any atom is -0.324 e. The average molecular weight is 322 g/mol. The maximum absolute atomic E-state index is 12.9. The molecule has 120 valence electrons. The molecule has 0 aliphatic heterocycles. The molecule has 0 unspecified atom stereocenters. The molecule has 3 aromatic rings. The van der Waals surface area contributed by atoms with Gasteiger partial charge >= 0.3 is 0 Å². The number of carbonyl (C=O) groups is 1. The monoisotopic (exact) mass is 322 g/mol. The van der Waals surface area contributed by atoms with Crippen molar-refractivity contribution in [2.75, 3.05) is 10.6 Å². The van der Waals surface area contributed by atoms with Crippen LogP contribution in [0.25, 0.3) is 0 Å². The number of nitrogens with one attached hydrogen (secondary N) is 2.